The number of hydrogen-bond acceptors (Lipinski definition) is 7. The molecule has 10 nitrogen and oxygen atoms in total. The maximum absolute atomic E-state index is 11.9. The first-order valence-corrected chi connectivity index (χ1v) is 8.70. The van der Waals surface area contributed by atoms with Crippen LogP contribution in [0.2, 0.25) is 0 Å². The first-order valence-electron chi connectivity index (χ1n) is 8.70. The highest BCUT2D eigenvalue weighted by Crippen LogP contribution is 2.14. The van der Waals surface area contributed by atoms with Crippen LogP contribution in [0.3, 0.4) is 0 Å². The Morgan fingerprint density at radius 2 is 1.96 bits per heavy atom. The van der Waals surface area contributed by atoms with E-state index in [0.717, 1.165) is 5.56 Å². The van der Waals surface area contributed by atoms with Crippen molar-refractivity contribution < 1.29 is 19.1 Å². The van der Waals surface area contributed by atoms with Crippen LogP contribution in [0.1, 0.15) is 18.3 Å². The second kappa shape index (κ2) is 9.31. The number of amides is 2. The lowest BCUT2D eigenvalue weighted by molar-refractivity contribution is -0.120. The van der Waals surface area contributed by atoms with E-state index in [1.54, 1.807) is 16.8 Å². The van der Waals surface area contributed by atoms with Crippen LogP contribution in [-0.4, -0.2) is 44.7 Å². The Morgan fingerprint density at radius 3 is 2.75 bits per heavy atom. The number of rotatable bonds is 8. The zero-order valence-electron chi connectivity index (χ0n) is 15.3. The van der Waals surface area contributed by atoms with E-state index in [0.29, 0.717) is 24.0 Å². The lowest BCUT2D eigenvalue weighted by Gasteiger charge is -2.08. The molecule has 0 aliphatic heterocycles. The van der Waals surface area contributed by atoms with Gasteiger partial charge in [-0.15, -0.1) is 10.2 Å². The van der Waals surface area contributed by atoms with E-state index in [2.05, 4.69) is 25.8 Å². The molecule has 0 fully saturated rings. The van der Waals surface area contributed by atoms with Crippen LogP contribution in [0.25, 0.3) is 5.65 Å². The van der Waals surface area contributed by atoms with Gasteiger partial charge in [0.25, 0.3) is 5.88 Å². The molecule has 2 N–H and O–H groups in total. The van der Waals surface area contributed by atoms with Gasteiger partial charge in [-0.25, -0.2) is 9.78 Å². The Bertz CT molecular complexity index is 944. The van der Waals surface area contributed by atoms with Gasteiger partial charge in [0.05, 0.1) is 13.2 Å². The summed E-state index contributed by atoms with van der Waals surface area (Å²) in [6.45, 7) is 2.36. The van der Waals surface area contributed by atoms with E-state index in [1.165, 1.54) is 0 Å². The molecule has 3 aromatic rings. The summed E-state index contributed by atoms with van der Waals surface area (Å²) in [6.07, 6.45) is 2.58. The Kier molecular flexibility index (Phi) is 6.34. The molecule has 2 amide bonds. The number of ether oxygens (including phenoxy) is 2. The van der Waals surface area contributed by atoms with Gasteiger partial charge in [0.15, 0.2) is 5.82 Å². The van der Waals surface area contributed by atoms with E-state index < -0.39 is 6.09 Å². The van der Waals surface area contributed by atoms with Crippen molar-refractivity contribution in [2.45, 2.75) is 20.1 Å². The van der Waals surface area contributed by atoms with Gasteiger partial charge in [-0.05, 0) is 12.5 Å². The van der Waals surface area contributed by atoms with Crippen molar-refractivity contribution in [2.24, 2.45) is 0 Å². The number of alkyl carbamates (subject to hydrolysis) is 1. The minimum Gasteiger partial charge on any atom is -0.475 e. The Balaban J connectivity index is 1.45. The molecule has 1 aromatic carbocycles. The van der Waals surface area contributed by atoms with Crippen molar-refractivity contribution in [1.82, 2.24) is 30.2 Å². The summed E-state index contributed by atoms with van der Waals surface area (Å²) in [6, 6.07) is 9.27. The topological polar surface area (TPSA) is 120 Å². The van der Waals surface area contributed by atoms with Gasteiger partial charge < -0.3 is 20.1 Å². The van der Waals surface area contributed by atoms with Gasteiger partial charge in [0.2, 0.25) is 11.6 Å². The number of benzene rings is 1. The van der Waals surface area contributed by atoms with E-state index in [4.69, 9.17) is 9.47 Å². The van der Waals surface area contributed by atoms with Crippen molar-refractivity contribution in [3.8, 4) is 5.88 Å². The number of carbonyl (C=O) groups excluding carboxylic acids is 2. The smallest absolute Gasteiger partial charge is 0.407 e. The third-order valence-electron chi connectivity index (χ3n) is 3.70. The van der Waals surface area contributed by atoms with E-state index in [1.807, 2.05) is 37.3 Å². The van der Waals surface area contributed by atoms with Crippen molar-refractivity contribution in [2.75, 3.05) is 13.2 Å². The summed E-state index contributed by atoms with van der Waals surface area (Å²) in [5.41, 5.74) is 1.33. The fourth-order valence-corrected chi connectivity index (χ4v) is 2.38. The summed E-state index contributed by atoms with van der Waals surface area (Å²) < 4.78 is 12.1. The molecule has 0 aliphatic carbocycles. The van der Waals surface area contributed by atoms with E-state index >= 15 is 0 Å². The average molecular weight is 384 g/mol. The molecule has 146 valence electrons. The molecule has 0 aliphatic rings. The first-order chi connectivity index (χ1) is 13.7. The van der Waals surface area contributed by atoms with E-state index in [-0.39, 0.29) is 25.6 Å². The Hall–Kier alpha value is -3.69. The maximum atomic E-state index is 11.9. The molecule has 0 saturated carbocycles. The number of hydrogen-bond donors (Lipinski definition) is 2. The van der Waals surface area contributed by atoms with Crippen molar-refractivity contribution in [3.63, 3.8) is 0 Å². The molecule has 10 heteroatoms. The molecule has 0 unspecified atom stereocenters. The SMILES string of the molecule is CCOc1nccn2c(CNC(=O)CNC(=O)OCc3ccccc3)nnc12. The molecular formula is C18H20N6O4. The van der Waals surface area contributed by atoms with Crippen LogP contribution in [0, 0.1) is 0 Å². The monoisotopic (exact) mass is 384 g/mol. The molecule has 0 saturated heterocycles. The number of aromatic nitrogens is 4. The van der Waals surface area contributed by atoms with Crippen LogP contribution in [-0.2, 0) is 22.7 Å². The highest BCUT2D eigenvalue weighted by Gasteiger charge is 2.12. The van der Waals surface area contributed by atoms with Crippen LogP contribution >= 0.6 is 0 Å². The minimum atomic E-state index is -0.667. The second-order valence-electron chi connectivity index (χ2n) is 5.67. The summed E-state index contributed by atoms with van der Waals surface area (Å²) in [5, 5.41) is 13.1. The van der Waals surface area contributed by atoms with Crippen LogP contribution in [0.15, 0.2) is 42.7 Å². The minimum absolute atomic E-state index is 0.135. The molecule has 3 rings (SSSR count). The standard InChI is InChI=1S/C18H20N6O4/c1-2-27-17-16-23-22-14(24(16)9-8-19-17)10-20-15(25)11-21-18(26)28-12-13-6-4-3-5-7-13/h3-9H,2,10-12H2,1H3,(H,20,25)(H,21,26). The lowest BCUT2D eigenvalue weighted by atomic mass is 10.2. The number of nitrogens with one attached hydrogen (secondary N) is 2. The number of carbonyl (C=O) groups is 2. The van der Waals surface area contributed by atoms with Gasteiger partial charge in [0, 0.05) is 12.4 Å². The molecule has 0 radical (unpaired) electrons. The van der Waals surface area contributed by atoms with Crippen molar-refractivity contribution >= 4 is 17.6 Å². The Labute approximate surface area is 160 Å². The zero-order chi connectivity index (χ0) is 19.8. The van der Waals surface area contributed by atoms with Crippen LogP contribution < -0.4 is 15.4 Å². The lowest BCUT2D eigenvalue weighted by Crippen LogP contribution is -2.37. The molecule has 0 spiro atoms. The van der Waals surface area contributed by atoms with Crippen LogP contribution in [0.5, 0.6) is 5.88 Å². The van der Waals surface area contributed by atoms with Gasteiger partial charge in [-0.2, -0.15) is 0 Å². The molecule has 2 heterocycles. The number of nitrogens with zero attached hydrogens (tertiary/aromatic N) is 4. The predicted molar refractivity (Wildman–Crippen MR) is 98.4 cm³/mol. The molecule has 0 atom stereocenters. The van der Waals surface area contributed by atoms with Crippen molar-refractivity contribution in [3.05, 3.63) is 54.1 Å². The molecule has 0 bridgehead atoms. The largest absolute Gasteiger partial charge is 0.475 e. The number of fused-ring (bicyclic) bond motifs is 1. The third kappa shape index (κ3) is 4.93. The van der Waals surface area contributed by atoms with Gasteiger partial charge in [-0.1, -0.05) is 30.3 Å². The average Bonchev–Trinajstić information content (AvgIpc) is 3.14. The molecular weight excluding hydrogens is 364 g/mol. The van der Waals surface area contributed by atoms with Crippen LogP contribution in [0.4, 0.5) is 4.79 Å². The van der Waals surface area contributed by atoms with Crippen molar-refractivity contribution in [1.29, 1.82) is 0 Å². The highest BCUT2D eigenvalue weighted by molar-refractivity contribution is 5.82. The van der Waals surface area contributed by atoms with E-state index in [9.17, 15) is 9.59 Å². The third-order valence-corrected chi connectivity index (χ3v) is 3.70. The quantitative estimate of drug-likeness (QED) is 0.596. The zero-order valence-corrected chi connectivity index (χ0v) is 15.3. The summed E-state index contributed by atoms with van der Waals surface area (Å²) in [7, 11) is 0. The normalized spacial score (nSPS) is 10.5. The van der Waals surface area contributed by atoms with Gasteiger partial charge >= 0.3 is 6.09 Å². The van der Waals surface area contributed by atoms with Gasteiger partial charge in [0.1, 0.15) is 13.2 Å². The maximum Gasteiger partial charge on any atom is 0.407 e. The second-order valence-corrected chi connectivity index (χ2v) is 5.67. The Morgan fingerprint density at radius 1 is 1.14 bits per heavy atom. The van der Waals surface area contributed by atoms with Gasteiger partial charge in [-0.3, -0.25) is 9.20 Å². The molecule has 28 heavy (non-hydrogen) atoms. The summed E-state index contributed by atoms with van der Waals surface area (Å²) >= 11 is 0. The predicted octanol–water partition coefficient (Wildman–Crippen LogP) is 1.07. The summed E-state index contributed by atoms with van der Waals surface area (Å²) in [5.74, 6) is 0.503. The summed E-state index contributed by atoms with van der Waals surface area (Å²) in [4.78, 5) is 27.7. The fourth-order valence-electron chi connectivity index (χ4n) is 2.38. The fraction of sp³-hybridized carbons (Fsp3) is 0.278. The molecule has 2 aromatic heterocycles. The highest BCUT2D eigenvalue weighted by atomic mass is 16.5. The first kappa shape index (κ1) is 19.1.